The average molecular weight is 359 g/mol. The van der Waals surface area contributed by atoms with E-state index >= 15 is 0 Å². The molecular weight excluding hydrogens is 328 g/mol. The number of hydrogen-bond donors (Lipinski definition) is 2. The van der Waals surface area contributed by atoms with Crippen LogP contribution in [-0.2, 0) is 0 Å². The van der Waals surface area contributed by atoms with Crippen LogP contribution in [0, 0.1) is 5.92 Å². The predicted octanol–water partition coefficient (Wildman–Crippen LogP) is 3.10. The second kappa shape index (κ2) is 10.8. The summed E-state index contributed by atoms with van der Waals surface area (Å²) < 4.78 is 0. The van der Waals surface area contributed by atoms with E-state index in [2.05, 4.69) is 17.6 Å². The molecule has 1 rings (SSSR count). The number of nitrogens with one attached hydrogen (secondary N) is 2. The average Bonchev–Trinajstić information content (AvgIpc) is 2.57. The van der Waals surface area contributed by atoms with Gasteiger partial charge in [0.25, 0.3) is 0 Å². The van der Waals surface area contributed by atoms with Crippen molar-refractivity contribution in [2.45, 2.75) is 51.9 Å². The molecule has 2 amide bonds. The topological polar surface area (TPSA) is 47.6 Å². The molecule has 0 unspecified atom stereocenters. The van der Waals surface area contributed by atoms with E-state index in [-0.39, 0.29) is 6.03 Å². The minimum atomic E-state index is -0.136. The van der Waals surface area contributed by atoms with Gasteiger partial charge in [0, 0.05) is 27.2 Å². The van der Waals surface area contributed by atoms with Gasteiger partial charge in [-0.3, -0.25) is 9.80 Å². The van der Waals surface area contributed by atoms with E-state index in [1.54, 1.807) is 23.9 Å². The molecule has 1 fully saturated rings. The van der Waals surface area contributed by atoms with Gasteiger partial charge in [-0.1, -0.05) is 45.4 Å². The third-order valence-corrected chi connectivity index (χ3v) is 5.08. The summed E-state index contributed by atoms with van der Waals surface area (Å²) in [5.41, 5.74) is 0. The molecular formula is C16H30N4OS2. The Balaban J connectivity index is 2.56. The molecule has 0 aromatic heterocycles. The number of carbonyl (C=O) groups excluding carboxylic acids is 1. The number of urea groups is 1. The Bertz CT molecular complexity index is 389. The van der Waals surface area contributed by atoms with Gasteiger partial charge >= 0.3 is 6.03 Å². The van der Waals surface area contributed by atoms with Crippen LogP contribution in [0.3, 0.4) is 0 Å². The normalized spacial score (nSPS) is 15.7. The van der Waals surface area contributed by atoms with Crippen molar-refractivity contribution in [2.24, 2.45) is 5.92 Å². The van der Waals surface area contributed by atoms with Crippen molar-refractivity contribution in [1.29, 1.82) is 0 Å². The first-order valence-electron chi connectivity index (χ1n) is 8.57. The molecule has 1 aliphatic heterocycles. The first kappa shape index (κ1) is 20.1. The molecule has 0 aliphatic carbocycles. The molecule has 7 heteroatoms. The van der Waals surface area contributed by atoms with Crippen molar-refractivity contribution in [3.05, 3.63) is 0 Å². The van der Waals surface area contributed by atoms with Crippen molar-refractivity contribution >= 4 is 40.7 Å². The Morgan fingerprint density at radius 2 is 1.48 bits per heavy atom. The van der Waals surface area contributed by atoms with Crippen LogP contribution < -0.4 is 10.6 Å². The molecule has 0 aromatic carbocycles. The van der Waals surface area contributed by atoms with Gasteiger partial charge in [0.05, 0.1) is 0 Å². The number of unbranched alkanes of at least 4 members (excludes halogenated alkanes) is 5. The maximum atomic E-state index is 12.5. The fourth-order valence-electron chi connectivity index (χ4n) is 2.88. The van der Waals surface area contributed by atoms with Gasteiger partial charge < -0.3 is 10.6 Å². The highest BCUT2D eigenvalue weighted by molar-refractivity contribution is 7.80. The van der Waals surface area contributed by atoms with Gasteiger partial charge in [0.2, 0.25) is 0 Å². The van der Waals surface area contributed by atoms with E-state index in [0.29, 0.717) is 29.2 Å². The molecule has 0 radical (unpaired) electrons. The van der Waals surface area contributed by atoms with Crippen LogP contribution in [0.5, 0.6) is 0 Å². The lowest BCUT2D eigenvalue weighted by Gasteiger charge is -2.39. The minimum absolute atomic E-state index is 0.136. The van der Waals surface area contributed by atoms with Crippen LogP contribution in [0.15, 0.2) is 0 Å². The SMILES string of the molecule is CCCCCCCCC1CN(C(=S)NC)C(=O)N(C(=S)NC)C1. The Morgan fingerprint density at radius 3 is 1.96 bits per heavy atom. The maximum Gasteiger partial charge on any atom is 0.332 e. The molecule has 1 saturated heterocycles. The fourth-order valence-corrected chi connectivity index (χ4v) is 3.19. The Kier molecular flexibility index (Phi) is 9.40. The lowest BCUT2D eigenvalue weighted by molar-refractivity contribution is 0.158. The van der Waals surface area contributed by atoms with Crippen molar-refractivity contribution in [3.63, 3.8) is 0 Å². The lowest BCUT2D eigenvalue weighted by Crippen LogP contribution is -2.60. The number of thiocarbonyl (C=S) groups is 2. The number of nitrogens with zero attached hydrogens (tertiary/aromatic N) is 2. The Hall–Kier alpha value is -0.950. The van der Waals surface area contributed by atoms with Crippen LogP contribution in [0.4, 0.5) is 4.79 Å². The third kappa shape index (κ3) is 6.22. The summed E-state index contributed by atoms with van der Waals surface area (Å²) in [4.78, 5) is 15.8. The quantitative estimate of drug-likeness (QED) is 0.541. The van der Waals surface area contributed by atoms with Crippen molar-refractivity contribution in [2.75, 3.05) is 27.2 Å². The van der Waals surface area contributed by atoms with Crippen LogP contribution in [0.1, 0.15) is 51.9 Å². The third-order valence-electron chi connectivity index (χ3n) is 4.23. The number of amides is 2. The summed E-state index contributed by atoms with van der Waals surface area (Å²) in [5, 5.41) is 6.73. The van der Waals surface area contributed by atoms with Crippen LogP contribution in [-0.4, -0.2) is 53.2 Å². The summed E-state index contributed by atoms with van der Waals surface area (Å²) in [6.07, 6.45) is 8.79. The van der Waals surface area contributed by atoms with E-state index < -0.39 is 0 Å². The van der Waals surface area contributed by atoms with Gasteiger partial charge in [0.15, 0.2) is 10.2 Å². The van der Waals surface area contributed by atoms with Crippen LogP contribution in [0.25, 0.3) is 0 Å². The van der Waals surface area contributed by atoms with Crippen molar-refractivity contribution in [1.82, 2.24) is 20.4 Å². The summed E-state index contributed by atoms with van der Waals surface area (Å²) in [6.45, 7) is 3.59. The number of carbonyl (C=O) groups is 1. The summed E-state index contributed by atoms with van der Waals surface area (Å²) in [7, 11) is 3.49. The van der Waals surface area contributed by atoms with Crippen LogP contribution in [0.2, 0.25) is 0 Å². The lowest BCUT2D eigenvalue weighted by atomic mass is 9.97. The zero-order chi connectivity index (χ0) is 17.2. The molecule has 132 valence electrons. The second-order valence-corrected chi connectivity index (χ2v) is 6.81. The largest absolute Gasteiger partial charge is 0.365 e. The Morgan fingerprint density at radius 1 is 1.00 bits per heavy atom. The van der Waals surface area contributed by atoms with E-state index in [1.807, 2.05) is 0 Å². The van der Waals surface area contributed by atoms with Gasteiger partial charge in [-0.2, -0.15) is 0 Å². The van der Waals surface area contributed by atoms with E-state index in [4.69, 9.17) is 24.4 Å². The van der Waals surface area contributed by atoms with Crippen molar-refractivity contribution in [3.8, 4) is 0 Å². The standard InChI is InChI=1S/C16H30N4OS2/c1-4-5-6-7-8-9-10-13-11-19(14(22)17-2)16(21)20(12-13)15(23)18-3/h13H,4-12H2,1-3H3,(H,17,22)(H,18,23). The molecule has 2 N–H and O–H groups in total. The highest BCUT2D eigenvalue weighted by Crippen LogP contribution is 2.21. The van der Waals surface area contributed by atoms with E-state index in [1.165, 1.54) is 38.5 Å². The summed E-state index contributed by atoms with van der Waals surface area (Å²) in [6, 6.07) is -0.136. The predicted molar refractivity (Wildman–Crippen MR) is 104 cm³/mol. The minimum Gasteiger partial charge on any atom is -0.365 e. The van der Waals surface area contributed by atoms with Gasteiger partial charge in [0.1, 0.15) is 0 Å². The number of hydrogen-bond acceptors (Lipinski definition) is 3. The Labute approximate surface area is 151 Å². The van der Waals surface area contributed by atoms with E-state index in [0.717, 1.165) is 6.42 Å². The van der Waals surface area contributed by atoms with Gasteiger partial charge in [-0.05, 0) is 36.8 Å². The first-order valence-corrected chi connectivity index (χ1v) is 9.39. The monoisotopic (exact) mass is 358 g/mol. The molecule has 0 atom stereocenters. The van der Waals surface area contributed by atoms with Gasteiger partial charge in [-0.15, -0.1) is 0 Å². The maximum absolute atomic E-state index is 12.5. The zero-order valence-corrected chi connectivity index (χ0v) is 16.2. The molecule has 1 aliphatic rings. The second-order valence-electron chi connectivity index (χ2n) is 6.04. The molecule has 0 spiro atoms. The highest BCUT2D eigenvalue weighted by Gasteiger charge is 2.35. The molecule has 5 nitrogen and oxygen atoms in total. The number of rotatable bonds is 7. The molecule has 0 bridgehead atoms. The molecule has 23 heavy (non-hydrogen) atoms. The molecule has 1 heterocycles. The van der Waals surface area contributed by atoms with Gasteiger partial charge in [-0.25, -0.2) is 4.79 Å². The molecule has 0 saturated carbocycles. The van der Waals surface area contributed by atoms with Crippen LogP contribution >= 0.6 is 24.4 Å². The zero-order valence-electron chi connectivity index (χ0n) is 14.6. The van der Waals surface area contributed by atoms with E-state index in [9.17, 15) is 4.79 Å². The summed E-state index contributed by atoms with van der Waals surface area (Å²) in [5.74, 6) is 0.400. The summed E-state index contributed by atoms with van der Waals surface area (Å²) >= 11 is 10.5. The smallest absolute Gasteiger partial charge is 0.332 e. The molecule has 0 aromatic rings. The fraction of sp³-hybridized carbons (Fsp3) is 0.812. The highest BCUT2D eigenvalue weighted by atomic mass is 32.1. The van der Waals surface area contributed by atoms with Crippen molar-refractivity contribution < 1.29 is 4.79 Å². The first-order chi connectivity index (χ1) is 11.0.